The number of aromatic nitrogens is 1. The first-order chi connectivity index (χ1) is 11.5. The lowest BCUT2D eigenvalue weighted by molar-refractivity contribution is -0.135. The summed E-state index contributed by atoms with van der Waals surface area (Å²) in [6, 6.07) is 7.07. The van der Waals surface area contributed by atoms with E-state index in [4.69, 9.17) is 0 Å². The quantitative estimate of drug-likeness (QED) is 0.858. The summed E-state index contributed by atoms with van der Waals surface area (Å²) in [6.07, 6.45) is 2.26. The molecule has 24 heavy (non-hydrogen) atoms. The molecule has 1 atom stereocenters. The van der Waals surface area contributed by atoms with Crippen LogP contribution in [0.5, 0.6) is 0 Å². The highest BCUT2D eigenvalue weighted by molar-refractivity contribution is 5.99. The average molecular weight is 330 g/mol. The van der Waals surface area contributed by atoms with Crippen LogP contribution < -0.4 is 10.9 Å². The molecule has 0 bridgehead atoms. The second-order valence-electron chi connectivity index (χ2n) is 6.00. The normalized spacial score (nSPS) is 17.5. The van der Waals surface area contributed by atoms with Crippen LogP contribution in [0.1, 0.15) is 59.5 Å². The Labute approximate surface area is 143 Å². The predicted octanol–water partition coefficient (Wildman–Crippen LogP) is 3.37. The molecule has 130 valence electrons. The SMILES string of the molecule is CC.CC(C)c1ccc2ccn(C3CCC(=O)NC3=O)c(=O)c2c1.[HH]. The Hall–Kier alpha value is -2.43. The fraction of sp³-hybridized carbons (Fsp3) is 0.421. The van der Waals surface area contributed by atoms with E-state index in [0.29, 0.717) is 17.7 Å². The maximum Gasteiger partial charge on any atom is 0.259 e. The summed E-state index contributed by atoms with van der Waals surface area (Å²) < 4.78 is 1.44. The number of carbonyl (C=O) groups excluding carboxylic acids is 2. The van der Waals surface area contributed by atoms with Crippen LogP contribution in [0.15, 0.2) is 35.3 Å². The first-order valence-electron chi connectivity index (χ1n) is 8.46. The smallest absolute Gasteiger partial charge is 0.259 e. The average Bonchev–Trinajstić information content (AvgIpc) is 2.57. The Morgan fingerprint density at radius 3 is 2.50 bits per heavy atom. The summed E-state index contributed by atoms with van der Waals surface area (Å²) in [4.78, 5) is 36.0. The fourth-order valence-electron chi connectivity index (χ4n) is 2.82. The molecule has 2 aromatic rings. The number of hydrogen-bond acceptors (Lipinski definition) is 3. The van der Waals surface area contributed by atoms with Crippen molar-refractivity contribution in [2.45, 2.75) is 52.5 Å². The number of pyridine rings is 1. The van der Waals surface area contributed by atoms with Crippen LogP contribution in [0.25, 0.3) is 10.8 Å². The topological polar surface area (TPSA) is 68.2 Å². The van der Waals surface area contributed by atoms with Gasteiger partial charge in [0.2, 0.25) is 11.8 Å². The Balaban J connectivity index is 0.00000101. The fourth-order valence-corrected chi connectivity index (χ4v) is 2.82. The van der Waals surface area contributed by atoms with Gasteiger partial charge >= 0.3 is 0 Å². The van der Waals surface area contributed by atoms with Gasteiger partial charge in [-0.1, -0.05) is 39.8 Å². The van der Waals surface area contributed by atoms with Crippen molar-refractivity contribution < 1.29 is 11.0 Å². The molecule has 0 aliphatic carbocycles. The number of carbonyl (C=O) groups is 2. The minimum absolute atomic E-state index is 0. The van der Waals surface area contributed by atoms with Gasteiger partial charge in [-0.25, -0.2) is 0 Å². The Bertz CT molecular complexity index is 827. The molecule has 1 fully saturated rings. The molecule has 2 heterocycles. The molecule has 1 unspecified atom stereocenters. The highest BCUT2D eigenvalue weighted by Crippen LogP contribution is 2.21. The standard InChI is InChI=1S/C17H18N2O3.C2H6.H2/c1-10(2)12-4-3-11-7-8-19(17(22)13(11)9-12)14-5-6-15(20)18-16(14)21;1-2;/h3-4,7-10,14H,5-6H2,1-2H3,(H,18,20,21);1-2H3;1H. The van der Waals surface area contributed by atoms with E-state index < -0.39 is 11.9 Å². The zero-order valence-corrected chi connectivity index (χ0v) is 14.6. The van der Waals surface area contributed by atoms with Gasteiger partial charge in [0.1, 0.15) is 6.04 Å². The first-order valence-corrected chi connectivity index (χ1v) is 8.46. The van der Waals surface area contributed by atoms with E-state index >= 15 is 0 Å². The zero-order chi connectivity index (χ0) is 17.9. The number of imide groups is 1. The largest absolute Gasteiger partial charge is 0.302 e. The van der Waals surface area contributed by atoms with Crippen LogP contribution in [0.2, 0.25) is 0 Å². The van der Waals surface area contributed by atoms with Crippen molar-refractivity contribution in [1.82, 2.24) is 9.88 Å². The Morgan fingerprint density at radius 1 is 1.17 bits per heavy atom. The van der Waals surface area contributed by atoms with Gasteiger partial charge in [-0.3, -0.25) is 19.7 Å². The molecular weight excluding hydrogens is 304 g/mol. The maximum absolute atomic E-state index is 12.7. The minimum atomic E-state index is -0.614. The molecule has 1 N–H and O–H groups in total. The number of nitrogens with one attached hydrogen (secondary N) is 1. The van der Waals surface area contributed by atoms with Gasteiger partial charge in [0, 0.05) is 19.4 Å². The summed E-state index contributed by atoms with van der Waals surface area (Å²) in [7, 11) is 0. The molecular formula is C19H26N2O3. The van der Waals surface area contributed by atoms with Crippen LogP contribution in [-0.2, 0) is 9.59 Å². The first kappa shape index (κ1) is 17.9. The number of hydrogen-bond donors (Lipinski definition) is 1. The second kappa shape index (κ2) is 7.43. The van der Waals surface area contributed by atoms with Crippen molar-refractivity contribution in [3.63, 3.8) is 0 Å². The van der Waals surface area contributed by atoms with Gasteiger partial charge in [-0.2, -0.15) is 0 Å². The van der Waals surface area contributed by atoms with Crippen molar-refractivity contribution in [1.29, 1.82) is 0 Å². The third-order valence-corrected chi connectivity index (χ3v) is 4.17. The summed E-state index contributed by atoms with van der Waals surface area (Å²) in [6.45, 7) is 8.14. The van der Waals surface area contributed by atoms with Gasteiger partial charge in [0.15, 0.2) is 0 Å². The predicted molar refractivity (Wildman–Crippen MR) is 97.2 cm³/mol. The van der Waals surface area contributed by atoms with Gasteiger partial charge in [0.25, 0.3) is 5.56 Å². The van der Waals surface area contributed by atoms with E-state index in [-0.39, 0.29) is 19.3 Å². The van der Waals surface area contributed by atoms with E-state index in [9.17, 15) is 14.4 Å². The van der Waals surface area contributed by atoms with Crippen molar-refractivity contribution in [3.8, 4) is 0 Å². The van der Waals surface area contributed by atoms with E-state index in [1.165, 1.54) is 4.57 Å². The third kappa shape index (κ3) is 3.40. The molecule has 1 aromatic heterocycles. The van der Waals surface area contributed by atoms with Crippen LogP contribution in [0.4, 0.5) is 0 Å². The highest BCUT2D eigenvalue weighted by atomic mass is 16.2. The molecule has 1 aliphatic heterocycles. The Morgan fingerprint density at radius 2 is 1.88 bits per heavy atom. The van der Waals surface area contributed by atoms with E-state index in [1.54, 1.807) is 6.20 Å². The summed E-state index contributed by atoms with van der Waals surface area (Å²) >= 11 is 0. The molecule has 0 radical (unpaired) electrons. The molecule has 3 rings (SSSR count). The number of benzene rings is 1. The van der Waals surface area contributed by atoms with Crippen LogP contribution in [0, 0.1) is 0 Å². The molecule has 2 amide bonds. The lowest BCUT2D eigenvalue weighted by atomic mass is 9.99. The van der Waals surface area contributed by atoms with Crippen LogP contribution >= 0.6 is 0 Å². The lowest BCUT2D eigenvalue weighted by Gasteiger charge is -2.23. The number of fused-ring (bicyclic) bond motifs is 1. The van der Waals surface area contributed by atoms with Crippen molar-refractivity contribution in [2.75, 3.05) is 0 Å². The van der Waals surface area contributed by atoms with Crippen molar-refractivity contribution >= 4 is 22.6 Å². The van der Waals surface area contributed by atoms with Crippen molar-refractivity contribution in [2.24, 2.45) is 0 Å². The third-order valence-electron chi connectivity index (χ3n) is 4.17. The Kier molecular flexibility index (Phi) is 5.54. The van der Waals surface area contributed by atoms with E-state index in [1.807, 2.05) is 38.1 Å². The summed E-state index contributed by atoms with van der Waals surface area (Å²) in [5, 5.41) is 3.76. The van der Waals surface area contributed by atoms with Gasteiger partial charge in [0.05, 0.1) is 0 Å². The molecule has 1 saturated heterocycles. The molecule has 0 saturated carbocycles. The van der Waals surface area contributed by atoms with Crippen LogP contribution in [-0.4, -0.2) is 16.4 Å². The number of piperidine rings is 1. The number of rotatable bonds is 2. The minimum Gasteiger partial charge on any atom is -0.302 e. The monoisotopic (exact) mass is 330 g/mol. The molecule has 1 aliphatic rings. The highest BCUT2D eigenvalue weighted by Gasteiger charge is 2.28. The summed E-state index contributed by atoms with van der Waals surface area (Å²) in [5.74, 6) is -0.358. The van der Waals surface area contributed by atoms with Gasteiger partial charge in [-0.15, -0.1) is 0 Å². The van der Waals surface area contributed by atoms with Gasteiger partial charge < -0.3 is 4.57 Å². The van der Waals surface area contributed by atoms with E-state index in [0.717, 1.165) is 10.9 Å². The molecule has 5 nitrogen and oxygen atoms in total. The molecule has 0 spiro atoms. The number of amides is 2. The van der Waals surface area contributed by atoms with Crippen molar-refractivity contribution in [3.05, 3.63) is 46.4 Å². The molecule has 1 aromatic carbocycles. The molecule has 5 heteroatoms. The zero-order valence-electron chi connectivity index (χ0n) is 14.6. The maximum atomic E-state index is 12.7. The number of nitrogens with zero attached hydrogens (tertiary/aromatic N) is 1. The summed E-state index contributed by atoms with van der Waals surface area (Å²) in [5.41, 5.74) is 0.903. The van der Waals surface area contributed by atoms with Gasteiger partial charge in [-0.05, 0) is 35.4 Å². The second-order valence-corrected chi connectivity index (χ2v) is 6.00. The lowest BCUT2D eigenvalue weighted by Crippen LogP contribution is -2.44. The van der Waals surface area contributed by atoms with E-state index in [2.05, 4.69) is 19.2 Å². The van der Waals surface area contributed by atoms with Crippen LogP contribution in [0.3, 0.4) is 0 Å².